The number of hydrogen-bond donors (Lipinski definition) is 2. The van der Waals surface area contributed by atoms with Crippen molar-refractivity contribution in [2.75, 3.05) is 0 Å². The zero-order valence-electron chi connectivity index (χ0n) is 10.5. The summed E-state index contributed by atoms with van der Waals surface area (Å²) in [5.74, 6) is -1.10. The van der Waals surface area contributed by atoms with Crippen molar-refractivity contribution in [3.63, 3.8) is 0 Å². The summed E-state index contributed by atoms with van der Waals surface area (Å²) < 4.78 is 0. The van der Waals surface area contributed by atoms with Gasteiger partial charge in [-0.25, -0.2) is 0 Å². The van der Waals surface area contributed by atoms with E-state index in [1.54, 1.807) is 0 Å². The van der Waals surface area contributed by atoms with Crippen molar-refractivity contribution in [1.29, 1.82) is 0 Å². The Morgan fingerprint density at radius 3 is 2.11 bits per heavy atom. The average molecular weight is 249 g/mol. The lowest BCUT2D eigenvalue weighted by Gasteiger charge is -2.00. The molecular formula is C12H17N4O2-. The maximum Gasteiger partial charge on any atom is 0.211 e. The smallest absolute Gasteiger partial charge is 0.211 e. The lowest BCUT2D eigenvalue weighted by Crippen LogP contribution is -2.22. The topological polar surface area (TPSA) is 117 Å². The van der Waals surface area contributed by atoms with Gasteiger partial charge in [0.15, 0.2) is 0 Å². The Kier molecular flexibility index (Phi) is 7.59. The monoisotopic (exact) mass is 249 g/mol. The molecule has 0 atom stereocenters. The molecule has 0 bridgehead atoms. The van der Waals surface area contributed by atoms with Crippen LogP contribution in [0.2, 0.25) is 0 Å². The van der Waals surface area contributed by atoms with Crippen LogP contribution in [0.3, 0.4) is 0 Å². The molecule has 18 heavy (non-hydrogen) atoms. The van der Waals surface area contributed by atoms with E-state index in [-0.39, 0.29) is 5.96 Å². The third kappa shape index (κ3) is 7.86. The summed E-state index contributed by atoms with van der Waals surface area (Å²) in [6, 6.07) is 9.82. The fourth-order valence-corrected chi connectivity index (χ4v) is 1.08. The summed E-state index contributed by atoms with van der Waals surface area (Å²) in [5.41, 5.74) is 12.3. The van der Waals surface area contributed by atoms with Gasteiger partial charge in [-0.3, -0.25) is 0 Å². The second-order valence-corrected chi connectivity index (χ2v) is 3.28. The first kappa shape index (κ1) is 15.6. The molecule has 0 saturated heterocycles. The van der Waals surface area contributed by atoms with Gasteiger partial charge in [0.2, 0.25) is 5.96 Å². The Labute approximate surface area is 106 Å². The lowest BCUT2D eigenvalue weighted by molar-refractivity contribution is -0.302. The number of carboxylic acid groups (broad SMARTS) is 1. The second-order valence-electron chi connectivity index (χ2n) is 3.28. The third-order valence-corrected chi connectivity index (χ3v) is 1.73. The highest BCUT2D eigenvalue weighted by Gasteiger charge is 1.98. The van der Waals surface area contributed by atoms with E-state index in [0.29, 0.717) is 0 Å². The van der Waals surface area contributed by atoms with E-state index in [4.69, 9.17) is 21.4 Å². The van der Waals surface area contributed by atoms with Crippen LogP contribution < -0.4 is 16.6 Å². The van der Waals surface area contributed by atoms with Gasteiger partial charge in [0.1, 0.15) is 0 Å². The van der Waals surface area contributed by atoms with Gasteiger partial charge in [0.05, 0.1) is 5.71 Å². The quantitative estimate of drug-likeness (QED) is 0.439. The molecule has 0 unspecified atom stereocenters. The molecule has 0 spiro atoms. The van der Waals surface area contributed by atoms with Crippen molar-refractivity contribution >= 4 is 17.6 Å². The molecule has 4 N–H and O–H groups in total. The van der Waals surface area contributed by atoms with Gasteiger partial charge in [-0.1, -0.05) is 37.3 Å². The molecule has 0 aliphatic carbocycles. The summed E-state index contributed by atoms with van der Waals surface area (Å²) >= 11 is 0. The first-order valence-corrected chi connectivity index (χ1v) is 5.35. The van der Waals surface area contributed by atoms with E-state index in [0.717, 1.165) is 24.6 Å². The van der Waals surface area contributed by atoms with E-state index < -0.39 is 5.97 Å². The predicted octanol–water partition coefficient (Wildman–Crippen LogP) is -0.170. The molecule has 0 aliphatic heterocycles. The van der Waals surface area contributed by atoms with Gasteiger partial charge in [-0.2, -0.15) is 5.10 Å². The minimum Gasteiger partial charge on any atom is -0.550 e. The van der Waals surface area contributed by atoms with Crippen molar-refractivity contribution in [3.8, 4) is 0 Å². The number of carbonyl (C=O) groups is 1. The summed E-state index contributed by atoms with van der Waals surface area (Å²) in [6.07, 6.45) is 0.792. The van der Waals surface area contributed by atoms with Gasteiger partial charge >= 0.3 is 0 Å². The Morgan fingerprint density at radius 2 is 1.72 bits per heavy atom. The summed E-state index contributed by atoms with van der Waals surface area (Å²) in [4.78, 5) is 8.89. The van der Waals surface area contributed by atoms with Crippen LogP contribution in [-0.2, 0) is 4.79 Å². The summed E-state index contributed by atoms with van der Waals surface area (Å²) in [7, 11) is 0. The highest BCUT2D eigenvalue weighted by atomic mass is 16.4. The Bertz CT molecular complexity index is 419. The van der Waals surface area contributed by atoms with Crippen molar-refractivity contribution in [1.82, 2.24) is 0 Å². The number of hydrogen-bond acceptors (Lipinski definition) is 4. The SMILES string of the molecule is CC(=O)[O-].CCC(=NN=C(N)N)c1ccccc1. The molecule has 98 valence electrons. The number of aliphatic carboxylic acids is 1. The molecule has 1 aromatic carbocycles. The minimum absolute atomic E-state index is 0.0214. The Hall–Kier alpha value is -2.37. The molecule has 0 aromatic heterocycles. The zero-order chi connectivity index (χ0) is 14.0. The van der Waals surface area contributed by atoms with Gasteiger partial charge in [-0.05, 0) is 18.9 Å². The predicted molar refractivity (Wildman–Crippen MR) is 69.8 cm³/mol. The number of benzene rings is 1. The fraction of sp³-hybridized carbons (Fsp3) is 0.250. The highest BCUT2D eigenvalue weighted by Crippen LogP contribution is 2.04. The molecule has 0 radical (unpaired) electrons. The van der Waals surface area contributed by atoms with Crippen LogP contribution >= 0.6 is 0 Å². The van der Waals surface area contributed by atoms with E-state index in [1.807, 2.05) is 37.3 Å². The number of nitrogens with two attached hydrogens (primary N) is 2. The van der Waals surface area contributed by atoms with Gasteiger partial charge in [0.25, 0.3) is 0 Å². The van der Waals surface area contributed by atoms with Crippen LogP contribution in [0, 0.1) is 0 Å². The molecule has 0 amide bonds. The molecule has 0 aliphatic rings. The van der Waals surface area contributed by atoms with Crippen molar-refractivity contribution in [3.05, 3.63) is 35.9 Å². The first-order valence-electron chi connectivity index (χ1n) is 5.35. The van der Waals surface area contributed by atoms with E-state index in [9.17, 15) is 0 Å². The van der Waals surface area contributed by atoms with Crippen LogP contribution in [0.4, 0.5) is 0 Å². The number of nitrogens with zero attached hydrogens (tertiary/aromatic N) is 2. The zero-order valence-corrected chi connectivity index (χ0v) is 10.5. The van der Waals surface area contributed by atoms with Crippen LogP contribution in [0.1, 0.15) is 25.8 Å². The molecule has 6 nitrogen and oxygen atoms in total. The maximum atomic E-state index is 8.89. The van der Waals surface area contributed by atoms with Gasteiger partial charge in [-0.15, -0.1) is 5.10 Å². The van der Waals surface area contributed by atoms with Crippen LogP contribution in [-0.4, -0.2) is 17.6 Å². The Morgan fingerprint density at radius 1 is 1.22 bits per heavy atom. The summed E-state index contributed by atoms with van der Waals surface area (Å²) in [5, 5.41) is 16.5. The van der Waals surface area contributed by atoms with Crippen LogP contribution in [0.25, 0.3) is 0 Å². The largest absolute Gasteiger partial charge is 0.550 e. The summed E-state index contributed by atoms with van der Waals surface area (Å²) in [6.45, 7) is 2.98. The molecule has 1 rings (SSSR count). The molecular weight excluding hydrogens is 232 g/mol. The molecule has 0 fully saturated rings. The lowest BCUT2D eigenvalue weighted by atomic mass is 10.1. The van der Waals surface area contributed by atoms with Crippen molar-refractivity contribution in [2.45, 2.75) is 20.3 Å². The number of carboxylic acids is 1. The Balaban J connectivity index is 0.000000631. The van der Waals surface area contributed by atoms with Gasteiger partial charge in [0, 0.05) is 5.97 Å². The van der Waals surface area contributed by atoms with Crippen molar-refractivity contribution < 1.29 is 9.90 Å². The molecule has 6 heteroatoms. The molecule has 0 heterocycles. The standard InChI is InChI=1S/C10H14N4.C2H4O2/c1-2-9(13-14-10(11)12)8-6-4-3-5-7-8;1-2(3)4/h3-7H,2H2,1H3,(H4,11,12,14);1H3,(H,3,4)/p-1. The second kappa shape index (κ2) is 8.74. The highest BCUT2D eigenvalue weighted by molar-refractivity contribution is 6.00. The third-order valence-electron chi connectivity index (χ3n) is 1.73. The fourth-order valence-electron chi connectivity index (χ4n) is 1.08. The van der Waals surface area contributed by atoms with Crippen LogP contribution in [0.5, 0.6) is 0 Å². The van der Waals surface area contributed by atoms with Crippen molar-refractivity contribution in [2.24, 2.45) is 21.7 Å². The molecule has 1 aromatic rings. The first-order chi connectivity index (χ1) is 8.47. The van der Waals surface area contributed by atoms with E-state index in [2.05, 4.69) is 10.2 Å². The average Bonchev–Trinajstić information content (AvgIpc) is 2.30. The minimum atomic E-state index is -1.08. The van der Waals surface area contributed by atoms with Crippen LogP contribution in [0.15, 0.2) is 40.5 Å². The van der Waals surface area contributed by atoms with E-state index in [1.165, 1.54) is 0 Å². The number of rotatable bonds is 3. The maximum absolute atomic E-state index is 8.89. The van der Waals surface area contributed by atoms with E-state index >= 15 is 0 Å². The number of carbonyl (C=O) groups excluding carboxylic acids is 1. The molecule has 0 saturated carbocycles. The number of guanidine groups is 1. The van der Waals surface area contributed by atoms with Gasteiger partial charge < -0.3 is 21.4 Å². The normalized spacial score (nSPS) is 10.0.